The van der Waals surface area contributed by atoms with E-state index < -0.39 is 6.04 Å². The lowest BCUT2D eigenvalue weighted by Crippen LogP contribution is -2.34. The molecule has 5 nitrogen and oxygen atoms in total. The van der Waals surface area contributed by atoms with Crippen molar-refractivity contribution in [2.75, 3.05) is 17.3 Å². The highest BCUT2D eigenvalue weighted by molar-refractivity contribution is 6.36. The van der Waals surface area contributed by atoms with E-state index in [1.807, 2.05) is 0 Å². The van der Waals surface area contributed by atoms with Crippen LogP contribution in [0.2, 0.25) is 5.02 Å². The van der Waals surface area contributed by atoms with E-state index >= 15 is 0 Å². The van der Waals surface area contributed by atoms with Crippen molar-refractivity contribution in [3.8, 4) is 5.75 Å². The highest BCUT2D eigenvalue weighted by Crippen LogP contribution is 2.30. The lowest BCUT2D eigenvalue weighted by molar-refractivity contribution is -0.121. The maximum Gasteiger partial charge on any atom is 0.256 e. The van der Waals surface area contributed by atoms with Crippen molar-refractivity contribution in [3.05, 3.63) is 53.6 Å². The van der Waals surface area contributed by atoms with Gasteiger partial charge in [-0.05, 0) is 36.4 Å². The van der Waals surface area contributed by atoms with E-state index in [1.165, 1.54) is 0 Å². The van der Waals surface area contributed by atoms with Crippen molar-refractivity contribution in [1.29, 1.82) is 0 Å². The molecule has 1 saturated heterocycles. The summed E-state index contributed by atoms with van der Waals surface area (Å²) >= 11 is 6.10. The Morgan fingerprint density at radius 1 is 1.13 bits per heavy atom. The van der Waals surface area contributed by atoms with Gasteiger partial charge < -0.3 is 10.1 Å². The number of imide groups is 1. The molecule has 2 aromatic carbocycles. The van der Waals surface area contributed by atoms with Crippen LogP contribution in [0.4, 0.5) is 11.4 Å². The fourth-order valence-electron chi connectivity index (χ4n) is 2.52. The topological polar surface area (TPSA) is 58.6 Å². The third-order valence-corrected chi connectivity index (χ3v) is 3.99. The Balaban J connectivity index is 1.79. The number of para-hydroxylation sites is 1. The fraction of sp³-hybridized carbons (Fsp3) is 0.176. The van der Waals surface area contributed by atoms with E-state index in [2.05, 4.69) is 5.32 Å². The zero-order valence-corrected chi connectivity index (χ0v) is 13.2. The molecule has 2 amide bonds. The fourth-order valence-corrected chi connectivity index (χ4v) is 2.74. The molecule has 0 spiro atoms. The Morgan fingerprint density at radius 3 is 2.48 bits per heavy atom. The van der Waals surface area contributed by atoms with Gasteiger partial charge in [-0.15, -0.1) is 0 Å². The van der Waals surface area contributed by atoms with E-state index in [-0.39, 0.29) is 18.2 Å². The molecule has 1 unspecified atom stereocenters. The molecule has 23 heavy (non-hydrogen) atoms. The second kappa shape index (κ2) is 6.30. The van der Waals surface area contributed by atoms with E-state index in [4.69, 9.17) is 16.3 Å². The van der Waals surface area contributed by atoms with Gasteiger partial charge in [0.05, 0.1) is 24.2 Å². The molecule has 0 saturated carbocycles. The minimum absolute atomic E-state index is 0.0933. The van der Waals surface area contributed by atoms with E-state index in [1.54, 1.807) is 55.6 Å². The van der Waals surface area contributed by atoms with Crippen molar-refractivity contribution in [2.45, 2.75) is 12.5 Å². The number of nitrogens with one attached hydrogen (secondary N) is 1. The Labute approximate surface area is 138 Å². The van der Waals surface area contributed by atoms with Crippen LogP contribution in [-0.4, -0.2) is 25.0 Å². The average molecular weight is 331 g/mol. The van der Waals surface area contributed by atoms with E-state index in [0.717, 1.165) is 16.3 Å². The minimum atomic E-state index is -0.604. The lowest BCUT2D eigenvalue weighted by atomic mass is 10.2. The van der Waals surface area contributed by atoms with Crippen LogP contribution in [0.25, 0.3) is 0 Å². The number of nitrogens with zero attached hydrogens (tertiary/aromatic N) is 1. The number of benzene rings is 2. The first-order valence-electron chi connectivity index (χ1n) is 7.12. The number of anilines is 2. The standard InChI is InChI=1S/C17H15ClN2O3/c1-23-12-8-6-11(7-9-12)19-14-10-16(21)20(17(14)22)15-5-3-2-4-13(15)18/h2-9,14,19H,10H2,1H3. The first-order chi connectivity index (χ1) is 11.1. The smallest absolute Gasteiger partial charge is 0.256 e. The molecular formula is C17H15ClN2O3. The number of carbonyl (C=O) groups is 2. The average Bonchev–Trinajstić information content (AvgIpc) is 2.83. The predicted octanol–water partition coefficient (Wildman–Crippen LogP) is 3.09. The molecule has 1 atom stereocenters. The summed E-state index contributed by atoms with van der Waals surface area (Å²) in [6, 6.07) is 13.4. The van der Waals surface area contributed by atoms with Crippen LogP contribution in [0.15, 0.2) is 48.5 Å². The molecule has 3 rings (SSSR count). The molecule has 1 fully saturated rings. The second-order valence-corrected chi connectivity index (χ2v) is 5.56. The van der Waals surface area contributed by atoms with E-state index in [9.17, 15) is 9.59 Å². The third kappa shape index (κ3) is 3.00. The molecular weight excluding hydrogens is 316 g/mol. The number of amides is 2. The largest absolute Gasteiger partial charge is 0.497 e. The van der Waals surface area contributed by atoms with Crippen molar-refractivity contribution in [2.24, 2.45) is 0 Å². The van der Waals surface area contributed by atoms with E-state index in [0.29, 0.717) is 10.7 Å². The summed E-state index contributed by atoms with van der Waals surface area (Å²) in [6.07, 6.45) is 0.0933. The zero-order chi connectivity index (χ0) is 16.4. The van der Waals surface area contributed by atoms with Crippen molar-refractivity contribution in [1.82, 2.24) is 0 Å². The Bertz CT molecular complexity index is 746. The third-order valence-electron chi connectivity index (χ3n) is 3.67. The quantitative estimate of drug-likeness (QED) is 0.875. The van der Waals surface area contributed by atoms with Gasteiger partial charge in [0.2, 0.25) is 5.91 Å². The maximum atomic E-state index is 12.6. The van der Waals surface area contributed by atoms with Gasteiger partial charge in [0.1, 0.15) is 11.8 Å². The number of rotatable bonds is 4. The predicted molar refractivity (Wildman–Crippen MR) is 89.0 cm³/mol. The molecule has 0 bridgehead atoms. The van der Waals surface area contributed by atoms with Gasteiger partial charge in [-0.25, -0.2) is 4.90 Å². The molecule has 0 aromatic heterocycles. The first-order valence-corrected chi connectivity index (χ1v) is 7.50. The summed E-state index contributed by atoms with van der Waals surface area (Å²) in [5.41, 5.74) is 1.17. The molecule has 0 aliphatic carbocycles. The molecule has 1 aliphatic rings. The normalized spacial score (nSPS) is 17.5. The van der Waals surface area contributed by atoms with Gasteiger partial charge in [-0.3, -0.25) is 9.59 Å². The van der Waals surface area contributed by atoms with Crippen LogP contribution in [0.1, 0.15) is 6.42 Å². The number of methoxy groups -OCH3 is 1. The number of hydrogen-bond acceptors (Lipinski definition) is 4. The molecule has 6 heteroatoms. The molecule has 0 radical (unpaired) electrons. The highest BCUT2D eigenvalue weighted by atomic mass is 35.5. The Morgan fingerprint density at radius 2 is 1.83 bits per heavy atom. The monoisotopic (exact) mass is 330 g/mol. The molecule has 1 heterocycles. The lowest BCUT2D eigenvalue weighted by Gasteiger charge is -2.17. The van der Waals surface area contributed by atoms with Crippen molar-refractivity contribution in [3.63, 3.8) is 0 Å². The molecule has 118 valence electrons. The first kappa shape index (κ1) is 15.4. The number of halogens is 1. The van der Waals surface area contributed by atoms with Crippen molar-refractivity contribution >= 4 is 34.8 Å². The summed E-state index contributed by atoms with van der Waals surface area (Å²) in [7, 11) is 1.59. The number of carbonyl (C=O) groups excluding carboxylic acids is 2. The van der Waals surface area contributed by atoms with Crippen LogP contribution >= 0.6 is 11.6 Å². The summed E-state index contributed by atoms with van der Waals surface area (Å²) < 4.78 is 5.09. The minimum Gasteiger partial charge on any atom is -0.497 e. The van der Waals surface area contributed by atoms with Gasteiger partial charge in [-0.1, -0.05) is 23.7 Å². The van der Waals surface area contributed by atoms with Gasteiger partial charge in [-0.2, -0.15) is 0 Å². The number of hydrogen-bond donors (Lipinski definition) is 1. The van der Waals surface area contributed by atoms with Crippen LogP contribution < -0.4 is 15.0 Å². The van der Waals surface area contributed by atoms with Crippen LogP contribution in [-0.2, 0) is 9.59 Å². The maximum absolute atomic E-state index is 12.6. The van der Waals surface area contributed by atoms with Crippen molar-refractivity contribution < 1.29 is 14.3 Å². The summed E-state index contributed by atoms with van der Waals surface area (Å²) in [4.78, 5) is 25.9. The summed E-state index contributed by atoms with van der Waals surface area (Å²) in [5.74, 6) is 0.148. The SMILES string of the molecule is COc1ccc(NC2CC(=O)N(c3ccccc3Cl)C2=O)cc1. The Hall–Kier alpha value is -2.53. The van der Waals surface area contributed by atoms with Gasteiger partial charge in [0, 0.05) is 5.69 Å². The van der Waals surface area contributed by atoms with Crippen LogP contribution in [0.5, 0.6) is 5.75 Å². The van der Waals surface area contributed by atoms with Gasteiger partial charge in [0.15, 0.2) is 0 Å². The molecule has 1 aliphatic heterocycles. The number of ether oxygens (including phenoxy) is 1. The van der Waals surface area contributed by atoms with Gasteiger partial charge >= 0.3 is 0 Å². The summed E-state index contributed by atoms with van der Waals surface area (Å²) in [6.45, 7) is 0. The zero-order valence-electron chi connectivity index (χ0n) is 12.5. The van der Waals surface area contributed by atoms with Crippen LogP contribution in [0.3, 0.4) is 0 Å². The Kier molecular flexibility index (Phi) is 4.21. The highest BCUT2D eigenvalue weighted by Gasteiger charge is 2.40. The molecule has 2 aromatic rings. The van der Waals surface area contributed by atoms with Crippen LogP contribution in [0, 0.1) is 0 Å². The second-order valence-electron chi connectivity index (χ2n) is 5.15. The van der Waals surface area contributed by atoms with Gasteiger partial charge in [0.25, 0.3) is 5.91 Å². The summed E-state index contributed by atoms with van der Waals surface area (Å²) in [5, 5.41) is 3.46. The molecule has 1 N–H and O–H groups in total.